The summed E-state index contributed by atoms with van der Waals surface area (Å²) >= 11 is 0. The highest BCUT2D eigenvalue weighted by atomic mass is 19.1. The Labute approximate surface area is 310 Å². The van der Waals surface area contributed by atoms with Crippen LogP contribution in [0.2, 0.25) is 0 Å². The Morgan fingerprint density at radius 3 is 1.37 bits per heavy atom. The van der Waals surface area contributed by atoms with Gasteiger partial charge in [-0.05, 0) is 110 Å². The third-order valence-corrected chi connectivity index (χ3v) is 9.79. The maximum atomic E-state index is 13.0. The molecule has 2 aromatic carbocycles. The third-order valence-electron chi connectivity index (χ3n) is 9.79. The van der Waals surface area contributed by atoms with Crippen LogP contribution in [-0.2, 0) is 9.59 Å². The van der Waals surface area contributed by atoms with Gasteiger partial charge in [0.15, 0.2) is 0 Å². The highest BCUT2D eigenvalue weighted by Gasteiger charge is 2.44. The molecule has 0 spiro atoms. The van der Waals surface area contributed by atoms with Crippen LogP contribution < -0.4 is 10.6 Å². The molecule has 2 aliphatic rings. The van der Waals surface area contributed by atoms with E-state index in [2.05, 4.69) is 30.6 Å². The molecule has 10 nitrogen and oxygen atoms in total. The smallest absolute Gasteiger partial charge is 0.231 e. The number of aryl methyl sites for hydroxylation is 2. The van der Waals surface area contributed by atoms with Gasteiger partial charge in [0.1, 0.15) is 24.0 Å². The maximum Gasteiger partial charge on any atom is 0.231 e. The topological polar surface area (TPSA) is 150 Å². The van der Waals surface area contributed by atoms with Gasteiger partial charge in [-0.3, -0.25) is 19.6 Å². The molecule has 0 unspecified atom stereocenters. The minimum atomic E-state index is -1.03. The molecule has 8 rings (SSSR count). The van der Waals surface area contributed by atoms with Crippen LogP contribution in [0.25, 0.3) is 43.8 Å². The summed E-state index contributed by atoms with van der Waals surface area (Å²) < 4.78 is 26.0. The van der Waals surface area contributed by atoms with Gasteiger partial charge >= 0.3 is 0 Å². The van der Waals surface area contributed by atoms with Crippen LogP contribution >= 0.6 is 0 Å². The number of benzene rings is 2. The molecule has 2 fully saturated rings. The molecule has 2 aliphatic carbocycles. The van der Waals surface area contributed by atoms with Crippen LogP contribution in [0.4, 0.5) is 20.4 Å². The number of anilines is 2. The quantitative estimate of drug-likeness (QED) is 0.123. The molecule has 0 saturated heterocycles. The summed E-state index contributed by atoms with van der Waals surface area (Å²) in [4.78, 5) is 41.0. The minimum absolute atomic E-state index is 0.291. The maximum absolute atomic E-state index is 13.0. The van der Waals surface area contributed by atoms with Crippen molar-refractivity contribution in [1.82, 2.24) is 19.9 Å². The molecule has 276 valence electrons. The predicted molar refractivity (Wildman–Crippen MR) is 204 cm³/mol. The molecule has 4 heterocycles. The zero-order valence-corrected chi connectivity index (χ0v) is 30.2. The predicted octanol–water partition coefficient (Wildman–Crippen LogP) is 7.91. The number of hydrogen-bond donors (Lipinski definition) is 4. The van der Waals surface area contributed by atoms with Crippen LogP contribution in [0.15, 0.2) is 85.5 Å². The molecular formula is C42H40F2N6O4. The van der Waals surface area contributed by atoms with E-state index in [0.29, 0.717) is 35.9 Å². The second-order valence-corrected chi connectivity index (χ2v) is 14.1. The molecule has 0 radical (unpaired) electrons. The van der Waals surface area contributed by atoms with Crippen molar-refractivity contribution in [1.29, 1.82) is 0 Å². The molecule has 4 aromatic heterocycles. The first-order chi connectivity index (χ1) is 25.9. The fourth-order valence-corrected chi connectivity index (χ4v) is 6.58. The van der Waals surface area contributed by atoms with Crippen LogP contribution in [-0.4, -0.2) is 54.3 Å². The van der Waals surface area contributed by atoms with Crippen molar-refractivity contribution in [3.63, 3.8) is 0 Å². The number of rotatable bonds is 8. The molecule has 2 saturated carbocycles. The lowest BCUT2D eigenvalue weighted by atomic mass is 9.95. The Morgan fingerprint density at radius 2 is 1.02 bits per heavy atom. The Hall–Kier alpha value is -5.72. The van der Waals surface area contributed by atoms with Gasteiger partial charge < -0.3 is 20.8 Å². The van der Waals surface area contributed by atoms with Crippen LogP contribution in [0.3, 0.4) is 0 Å². The number of halogens is 2. The van der Waals surface area contributed by atoms with Crippen LogP contribution in [0, 0.1) is 25.7 Å². The average Bonchev–Trinajstić information content (AvgIpc) is 4.08. The van der Waals surface area contributed by atoms with Gasteiger partial charge in [0.05, 0.1) is 35.4 Å². The summed E-state index contributed by atoms with van der Waals surface area (Å²) in [5.41, 5.74) is 7.04. The molecule has 12 heteroatoms. The number of nitrogens with one attached hydrogen (secondary N) is 2. The molecule has 54 heavy (non-hydrogen) atoms. The molecular weight excluding hydrogens is 690 g/mol. The van der Waals surface area contributed by atoms with Gasteiger partial charge in [-0.2, -0.15) is 0 Å². The molecule has 0 bridgehead atoms. The summed E-state index contributed by atoms with van der Waals surface area (Å²) in [5.74, 6) is -0.894. The van der Waals surface area contributed by atoms with E-state index in [4.69, 9.17) is 0 Å². The SMILES string of the molecule is Cc1ccnc([C@@H](C)O)c1-c1ccc2cc(NC(=O)[C@@H]3C[C@@H]3F)ncc2c1.Cc1ccnc([C@H](C)O)c1-c1ccc2cc(NC(=O)[C@@H]3C[C@@H]3F)ncc2c1. The zero-order valence-electron chi connectivity index (χ0n) is 30.2. The van der Waals surface area contributed by atoms with Crippen molar-refractivity contribution in [3.8, 4) is 22.3 Å². The summed E-state index contributed by atoms with van der Waals surface area (Å²) in [6.45, 7) is 7.37. The van der Waals surface area contributed by atoms with E-state index in [1.165, 1.54) is 0 Å². The number of pyridine rings is 4. The van der Waals surface area contributed by atoms with Crippen molar-refractivity contribution in [2.24, 2.45) is 11.8 Å². The fourth-order valence-electron chi connectivity index (χ4n) is 6.58. The molecule has 0 aliphatic heterocycles. The second kappa shape index (κ2) is 15.0. The van der Waals surface area contributed by atoms with Crippen molar-refractivity contribution in [2.75, 3.05) is 10.6 Å². The average molecular weight is 731 g/mol. The van der Waals surface area contributed by atoms with Crippen LogP contribution in [0.1, 0.15) is 61.4 Å². The number of aliphatic hydroxyl groups excluding tert-OH is 2. The highest BCUT2D eigenvalue weighted by Crippen LogP contribution is 2.37. The largest absolute Gasteiger partial charge is 0.387 e. The van der Waals surface area contributed by atoms with Gasteiger partial charge in [-0.15, -0.1) is 0 Å². The standard InChI is InChI=1S/2C21H20FN3O2/c2*1-11-5-6-23-20(12(2)26)19(11)14-4-3-13-8-18(24-10-15(13)7-14)25-21(27)16-9-17(16)22/h2*3-8,10,12,16-17,26H,9H2,1-2H3,(H,24,25,27)/t12-,16+,17-;12-,16-,17+/m01/s1. The number of carbonyl (C=O) groups is 2. The lowest BCUT2D eigenvalue weighted by Gasteiger charge is -2.14. The van der Waals surface area contributed by atoms with E-state index in [1.54, 1.807) is 50.8 Å². The Balaban J connectivity index is 0.000000167. The normalized spacial score (nSPS) is 19.7. The number of amides is 2. The van der Waals surface area contributed by atoms with Crippen molar-refractivity contribution >= 4 is 45.0 Å². The molecule has 4 N–H and O–H groups in total. The van der Waals surface area contributed by atoms with E-state index < -0.39 is 36.4 Å². The minimum Gasteiger partial charge on any atom is -0.387 e. The van der Waals surface area contributed by atoms with E-state index in [9.17, 15) is 28.6 Å². The first-order valence-electron chi connectivity index (χ1n) is 17.8. The van der Waals surface area contributed by atoms with Gasteiger partial charge in [-0.1, -0.05) is 24.3 Å². The fraction of sp³-hybridized carbons (Fsp3) is 0.286. The molecule has 6 aromatic rings. The van der Waals surface area contributed by atoms with Crippen molar-refractivity contribution in [2.45, 2.75) is 65.1 Å². The van der Waals surface area contributed by atoms with E-state index in [0.717, 1.165) is 54.9 Å². The number of carbonyl (C=O) groups excluding carboxylic acids is 2. The van der Waals surface area contributed by atoms with E-state index in [-0.39, 0.29) is 11.8 Å². The lowest BCUT2D eigenvalue weighted by Crippen LogP contribution is -2.15. The highest BCUT2D eigenvalue weighted by molar-refractivity contribution is 5.97. The Bertz CT molecular complexity index is 2240. The van der Waals surface area contributed by atoms with Gasteiger partial charge in [0, 0.05) is 46.7 Å². The number of fused-ring (bicyclic) bond motifs is 2. The summed E-state index contributed by atoms with van der Waals surface area (Å²) in [6.07, 6.45) is 3.93. The van der Waals surface area contributed by atoms with E-state index >= 15 is 0 Å². The van der Waals surface area contributed by atoms with Gasteiger partial charge in [0.2, 0.25) is 11.8 Å². The number of nitrogens with zero attached hydrogens (tertiary/aromatic N) is 4. The Morgan fingerprint density at radius 1 is 0.630 bits per heavy atom. The summed E-state index contributed by atoms with van der Waals surface area (Å²) in [7, 11) is 0. The first kappa shape index (κ1) is 36.6. The van der Waals surface area contributed by atoms with Gasteiger partial charge in [-0.25, -0.2) is 18.7 Å². The number of alkyl halides is 2. The number of hydrogen-bond acceptors (Lipinski definition) is 8. The van der Waals surface area contributed by atoms with E-state index in [1.807, 2.05) is 62.4 Å². The van der Waals surface area contributed by atoms with Crippen molar-refractivity contribution < 1.29 is 28.6 Å². The second-order valence-electron chi connectivity index (χ2n) is 14.1. The monoisotopic (exact) mass is 730 g/mol. The lowest BCUT2D eigenvalue weighted by molar-refractivity contribution is -0.118. The molecule has 6 atom stereocenters. The van der Waals surface area contributed by atoms with Gasteiger partial charge in [0.25, 0.3) is 0 Å². The summed E-state index contributed by atoms with van der Waals surface area (Å²) in [6, 6.07) is 19.2. The van der Waals surface area contributed by atoms with Crippen LogP contribution in [0.5, 0.6) is 0 Å². The first-order valence-corrected chi connectivity index (χ1v) is 17.8. The molecule has 2 amide bonds. The Kier molecular flexibility index (Phi) is 10.1. The third kappa shape index (κ3) is 7.80. The number of aromatic nitrogens is 4. The zero-order chi connectivity index (χ0) is 38.3. The number of aliphatic hydroxyl groups is 2. The van der Waals surface area contributed by atoms with Crippen molar-refractivity contribution in [3.05, 3.63) is 108 Å². The summed E-state index contributed by atoms with van der Waals surface area (Å²) in [5, 5.41) is 29.1.